The smallest absolute Gasteiger partial charge is 0.268 e. The molecule has 1 aromatic carbocycles. The van der Waals surface area contributed by atoms with Crippen LogP contribution in [0.2, 0.25) is 0 Å². The molecule has 3 rings (SSSR count). The van der Waals surface area contributed by atoms with Crippen molar-refractivity contribution in [3.8, 4) is 0 Å². The largest absolute Gasteiger partial charge is 0.372 e. The van der Waals surface area contributed by atoms with Crippen molar-refractivity contribution in [2.75, 3.05) is 18.0 Å². The molecular weight excluding hydrogens is 392 g/mol. The Hall–Kier alpha value is -1.70. The Balaban J connectivity index is 1.63. The molecule has 1 aliphatic heterocycles. The van der Waals surface area contributed by atoms with Crippen molar-refractivity contribution in [1.29, 1.82) is 0 Å². The molecule has 2 amide bonds. The van der Waals surface area contributed by atoms with Gasteiger partial charge in [-0.1, -0.05) is 22.0 Å². The topological polar surface area (TPSA) is 69.6 Å². The molecule has 0 bridgehead atoms. The van der Waals surface area contributed by atoms with E-state index in [1.807, 2.05) is 29.6 Å². The number of hydrogen-bond acceptors (Lipinski definition) is 4. The Morgan fingerprint density at radius 2 is 2.08 bits per heavy atom. The van der Waals surface area contributed by atoms with Gasteiger partial charge in [-0.3, -0.25) is 9.59 Å². The fourth-order valence-electron chi connectivity index (χ4n) is 2.68. The molecule has 0 radical (unpaired) electrons. The summed E-state index contributed by atoms with van der Waals surface area (Å²) >= 11 is 4.96. The second-order valence-electron chi connectivity index (χ2n) is 5.63. The summed E-state index contributed by atoms with van der Waals surface area (Å²) in [5.74, 6) is -1.19. The summed E-state index contributed by atoms with van der Waals surface area (Å²) in [4.78, 5) is 27.5. The van der Waals surface area contributed by atoms with Gasteiger partial charge in [0.1, 0.15) is 0 Å². The lowest BCUT2D eigenvalue weighted by atomic mass is 10.0. The van der Waals surface area contributed by atoms with Crippen molar-refractivity contribution in [3.05, 3.63) is 51.1 Å². The standard InChI is InChI=1S/C17H17BrN2O3S/c18-12-3-5-13(6-4-12)20-10-8-17(23,16(20)22)15(21)19-9-7-14-2-1-11-24-14/h1-6,11,23H,7-10H2,(H,19,21)/t17-/m0/s1. The lowest BCUT2D eigenvalue weighted by Gasteiger charge is -2.21. The minimum absolute atomic E-state index is 0.0900. The molecule has 1 aromatic heterocycles. The number of amides is 2. The molecule has 1 fully saturated rings. The van der Waals surface area contributed by atoms with Crippen LogP contribution in [0, 0.1) is 0 Å². The number of carbonyl (C=O) groups is 2. The van der Waals surface area contributed by atoms with Gasteiger partial charge in [0, 0.05) is 34.5 Å². The molecule has 0 aliphatic carbocycles. The zero-order valence-corrected chi connectivity index (χ0v) is 15.3. The van der Waals surface area contributed by atoms with E-state index in [2.05, 4.69) is 21.2 Å². The van der Waals surface area contributed by atoms with Crippen LogP contribution in [0.1, 0.15) is 11.3 Å². The van der Waals surface area contributed by atoms with E-state index in [4.69, 9.17) is 0 Å². The zero-order valence-electron chi connectivity index (χ0n) is 12.9. The number of rotatable bonds is 5. The Bertz CT molecular complexity index is 733. The summed E-state index contributed by atoms with van der Waals surface area (Å²) < 4.78 is 0.902. The lowest BCUT2D eigenvalue weighted by Crippen LogP contribution is -2.52. The first-order valence-corrected chi connectivity index (χ1v) is 9.28. The van der Waals surface area contributed by atoms with E-state index < -0.39 is 17.4 Å². The van der Waals surface area contributed by atoms with Crippen LogP contribution in [0.4, 0.5) is 5.69 Å². The Labute approximate surface area is 152 Å². The molecule has 7 heteroatoms. The Morgan fingerprint density at radius 1 is 1.33 bits per heavy atom. The minimum atomic E-state index is -1.98. The number of hydrogen-bond donors (Lipinski definition) is 2. The van der Waals surface area contributed by atoms with Gasteiger partial charge < -0.3 is 15.3 Å². The second kappa shape index (κ2) is 7.04. The molecule has 126 valence electrons. The maximum Gasteiger partial charge on any atom is 0.268 e. The molecule has 1 aliphatic rings. The first-order valence-electron chi connectivity index (χ1n) is 7.61. The van der Waals surface area contributed by atoms with Crippen LogP contribution < -0.4 is 10.2 Å². The molecule has 2 heterocycles. The summed E-state index contributed by atoms with van der Waals surface area (Å²) in [6.45, 7) is 0.711. The molecule has 24 heavy (non-hydrogen) atoms. The highest BCUT2D eigenvalue weighted by Gasteiger charge is 2.51. The van der Waals surface area contributed by atoms with Crippen LogP contribution in [-0.4, -0.2) is 35.6 Å². The van der Waals surface area contributed by atoms with Gasteiger partial charge in [-0.15, -0.1) is 11.3 Å². The van der Waals surface area contributed by atoms with Gasteiger partial charge in [0.25, 0.3) is 11.8 Å². The van der Waals surface area contributed by atoms with Crippen molar-refractivity contribution < 1.29 is 14.7 Å². The molecule has 2 N–H and O–H groups in total. The highest BCUT2D eigenvalue weighted by Crippen LogP contribution is 2.29. The molecule has 5 nitrogen and oxygen atoms in total. The fourth-order valence-corrected chi connectivity index (χ4v) is 3.66. The van der Waals surface area contributed by atoms with Gasteiger partial charge in [-0.25, -0.2) is 0 Å². The van der Waals surface area contributed by atoms with Gasteiger partial charge in [0.05, 0.1) is 0 Å². The van der Waals surface area contributed by atoms with Crippen molar-refractivity contribution >= 4 is 44.8 Å². The quantitative estimate of drug-likeness (QED) is 0.745. The first-order chi connectivity index (χ1) is 11.5. The molecule has 0 unspecified atom stereocenters. The van der Waals surface area contributed by atoms with Gasteiger partial charge in [-0.2, -0.15) is 0 Å². The van der Waals surface area contributed by atoms with Gasteiger partial charge in [0.2, 0.25) is 5.60 Å². The molecule has 0 saturated carbocycles. The third-order valence-corrected chi connectivity index (χ3v) is 5.51. The Morgan fingerprint density at radius 3 is 2.75 bits per heavy atom. The van der Waals surface area contributed by atoms with E-state index in [1.165, 1.54) is 4.90 Å². The number of anilines is 1. The van der Waals surface area contributed by atoms with Crippen molar-refractivity contribution in [1.82, 2.24) is 5.32 Å². The third kappa shape index (κ3) is 3.38. The van der Waals surface area contributed by atoms with E-state index in [1.54, 1.807) is 23.5 Å². The van der Waals surface area contributed by atoms with E-state index >= 15 is 0 Å². The monoisotopic (exact) mass is 408 g/mol. The number of halogens is 1. The summed E-state index contributed by atoms with van der Waals surface area (Å²) in [6.07, 6.45) is 0.775. The van der Waals surface area contributed by atoms with Crippen LogP contribution in [0.5, 0.6) is 0 Å². The summed E-state index contributed by atoms with van der Waals surface area (Å²) in [5, 5.41) is 15.2. The number of nitrogens with one attached hydrogen (secondary N) is 1. The lowest BCUT2D eigenvalue weighted by molar-refractivity contribution is -0.149. The van der Waals surface area contributed by atoms with Crippen molar-refractivity contribution in [2.24, 2.45) is 0 Å². The van der Waals surface area contributed by atoms with Gasteiger partial charge in [-0.05, 0) is 42.1 Å². The maximum atomic E-state index is 12.6. The first kappa shape index (κ1) is 17.1. The van der Waals surface area contributed by atoms with Crippen molar-refractivity contribution in [3.63, 3.8) is 0 Å². The van der Waals surface area contributed by atoms with E-state index in [0.717, 1.165) is 9.35 Å². The highest BCUT2D eigenvalue weighted by molar-refractivity contribution is 9.10. The second-order valence-corrected chi connectivity index (χ2v) is 7.58. The minimum Gasteiger partial charge on any atom is -0.372 e. The fraction of sp³-hybridized carbons (Fsp3) is 0.294. The molecule has 1 saturated heterocycles. The average molecular weight is 409 g/mol. The van der Waals surface area contributed by atoms with Crippen molar-refractivity contribution in [2.45, 2.75) is 18.4 Å². The average Bonchev–Trinajstić information content (AvgIpc) is 3.18. The van der Waals surface area contributed by atoms with Crippen LogP contribution in [0.25, 0.3) is 0 Å². The maximum absolute atomic E-state index is 12.6. The molecule has 1 atom stereocenters. The number of benzene rings is 1. The summed E-state index contributed by atoms with van der Waals surface area (Å²) in [7, 11) is 0. The predicted octanol–water partition coefficient (Wildman–Crippen LogP) is 2.34. The van der Waals surface area contributed by atoms with E-state index in [-0.39, 0.29) is 6.42 Å². The zero-order chi connectivity index (χ0) is 17.2. The summed E-state index contributed by atoms with van der Waals surface area (Å²) in [6, 6.07) is 11.1. The molecule has 2 aromatic rings. The highest BCUT2D eigenvalue weighted by atomic mass is 79.9. The van der Waals surface area contributed by atoms with Crippen LogP contribution >= 0.6 is 27.3 Å². The number of aliphatic hydroxyl groups is 1. The molecule has 0 spiro atoms. The third-order valence-electron chi connectivity index (χ3n) is 4.05. The van der Waals surface area contributed by atoms with Gasteiger partial charge >= 0.3 is 0 Å². The molecular formula is C17H17BrN2O3S. The van der Waals surface area contributed by atoms with Crippen LogP contribution in [-0.2, 0) is 16.0 Å². The normalized spacial score (nSPS) is 20.4. The number of carbonyl (C=O) groups excluding carboxylic acids is 2. The van der Waals surface area contributed by atoms with Gasteiger partial charge in [0.15, 0.2) is 0 Å². The SMILES string of the molecule is O=C(NCCc1cccs1)[C@@]1(O)CCN(c2ccc(Br)cc2)C1=O. The number of thiophene rings is 1. The van der Waals surface area contributed by atoms with E-state index in [9.17, 15) is 14.7 Å². The van der Waals surface area contributed by atoms with E-state index in [0.29, 0.717) is 25.2 Å². The Kier molecular flexibility index (Phi) is 5.03. The summed E-state index contributed by atoms with van der Waals surface area (Å²) in [5.41, 5.74) is -1.31. The predicted molar refractivity (Wildman–Crippen MR) is 97.1 cm³/mol. The van der Waals surface area contributed by atoms with Crippen LogP contribution in [0.15, 0.2) is 46.3 Å². The number of nitrogens with zero attached hydrogens (tertiary/aromatic N) is 1. The van der Waals surface area contributed by atoms with Crippen LogP contribution in [0.3, 0.4) is 0 Å².